The topological polar surface area (TPSA) is 44.8 Å². The Kier molecular flexibility index (Phi) is 4.88. The third kappa shape index (κ3) is 3.76. The van der Waals surface area contributed by atoms with E-state index in [0.29, 0.717) is 36.9 Å². The second-order valence-electron chi connectivity index (χ2n) is 6.28. The van der Waals surface area contributed by atoms with Crippen LogP contribution in [0.4, 0.5) is 0 Å². The van der Waals surface area contributed by atoms with Crippen LogP contribution in [0.15, 0.2) is 18.2 Å². The van der Waals surface area contributed by atoms with E-state index in [1.807, 2.05) is 27.7 Å². The van der Waals surface area contributed by atoms with Gasteiger partial charge in [0.25, 0.3) is 0 Å². The summed E-state index contributed by atoms with van der Waals surface area (Å²) < 4.78 is 16.9. The Morgan fingerprint density at radius 2 is 1.90 bits per heavy atom. The van der Waals surface area contributed by atoms with E-state index in [-0.39, 0.29) is 11.2 Å². The molecule has 4 heteroatoms. The molecule has 0 fully saturated rings. The molecule has 1 aromatic carbocycles. The van der Waals surface area contributed by atoms with E-state index < -0.39 is 6.10 Å². The molecule has 1 atom stereocenters. The molecule has 1 heterocycles. The maximum atomic E-state index is 12.7. The molecule has 0 amide bonds. The van der Waals surface area contributed by atoms with Gasteiger partial charge >= 0.3 is 0 Å². The number of fused-ring (bicyclic) bond motifs is 1. The first-order valence-corrected chi connectivity index (χ1v) is 7.49. The maximum Gasteiger partial charge on any atom is 0.192 e. The Bertz CT molecular complexity index is 502. The van der Waals surface area contributed by atoms with Crippen LogP contribution in [-0.2, 0) is 4.74 Å². The van der Waals surface area contributed by atoms with E-state index >= 15 is 0 Å². The van der Waals surface area contributed by atoms with Crippen molar-refractivity contribution in [3.05, 3.63) is 23.8 Å². The molecule has 0 saturated carbocycles. The van der Waals surface area contributed by atoms with E-state index in [0.717, 1.165) is 6.42 Å². The summed E-state index contributed by atoms with van der Waals surface area (Å²) in [6.45, 7) is 9.69. The first-order valence-electron chi connectivity index (χ1n) is 7.49. The van der Waals surface area contributed by atoms with Crippen LogP contribution >= 0.6 is 0 Å². The van der Waals surface area contributed by atoms with E-state index in [2.05, 4.69) is 0 Å². The summed E-state index contributed by atoms with van der Waals surface area (Å²) >= 11 is 0. The molecule has 1 aliphatic heterocycles. The predicted molar refractivity (Wildman–Crippen MR) is 81.2 cm³/mol. The average Bonchev–Trinajstić information content (AvgIpc) is 2.67. The highest BCUT2D eigenvalue weighted by molar-refractivity contribution is 6.00. The van der Waals surface area contributed by atoms with Gasteiger partial charge < -0.3 is 14.2 Å². The molecule has 0 aliphatic carbocycles. The van der Waals surface area contributed by atoms with Crippen LogP contribution in [0.2, 0.25) is 0 Å². The zero-order valence-electron chi connectivity index (χ0n) is 13.3. The number of benzene rings is 1. The quantitative estimate of drug-likeness (QED) is 0.797. The fraction of sp³-hybridized carbons (Fsp3) is 0.588. The van der Waals surface area contributed by atoms with Crippen molar-refractivity contribution in [3.63, 3.8) is 0 Å². The van der Waals surface area contributed by atoms with Gasteiger partial charge in [-0.15, -0.1) is 0 Å². The average molecular weight is 292 g/mol. The Morgan fingerprint density at radius 3 is 2.52 bits per heavy atom. The molecule has 0 bridgehead atoms. The Hall–Kier alpha value is -1.55. The lowest BCUT2D eigenvalue weighted by atomic mass is 9.84. The summed E-state index contributed by atoms with van der Waals surface area (Å²) in [5.41, 5.74) is 0.352. The van der Waals surface area contributed by atoms with Crippen LogP contribution in [0.5, 0.6) is 11.5 Å². The molecule has 116 valence electrons. The van der Waals surface area contributed by atoms with E-state index in [9.17, 15) is 4.79 Å². The second kappa shape index (κ2) is 6.48. The van der Waals surface area contributed by atoms with Crippen molar-refractivity contribution in [2.75, 3.05) is 19.8 Å². The molecule has 4 nitrogen and oxygen atoms in total. The van der Waals surface area contributed by atoms with Gasteiger partial charge in [0.15, 0.2) is 17.3 Å². The van der Waals surface area contributed by atoms with Gasteiger partial charge in [-0.05, 0) is 30.5 Å². The van der Waals surface area contributed by atoms with E-state index in [1.54, 1.807) is 18.2 Å². The third-order valence-electron chi connectivity index (χ3n) is 3.39. The SMILES string of the molecule is CCOC(C(=O)c1ccc2c(c1)OCCCO2)C(C)(C)C. The first-order chi connectivity index (χ1) is 9.93. The Morgan fingerprint density at radius 1 is 1.24 bits per heavy atom. The normalized spacial score (nSPS) is 16.2. The lowest BCUT2D eigenvalue weighted by molar-refractivity contribution is -0.000238. The van der Waals surface area contributed by atoms with Crippen molar-refractivity contribution in [1.82, 2.24) is 0 Å². The van der Waals surface area contributed by atoms with Crippen LogP contribution in [0.1, 0.15) is 44.5 Å². The number of ether oxygens (including phenoxy) is 3. The van der Waals surface area contributed by atoms with Crippen molar-refractivity contribution in [3.8, 4) is 11.5 Å². The number of carbonyl (C=O) groups is 1. The summed E-state index contributed by atoms with van der Waals surface area (Å²) in [6.07, 6.45) is 0.383. The standard InChI is InChI=1S/C17H24O4/c1-5-19-16(17(2,3)4)15(18)12-7-8-13-14(11-12)21-10-6-9-20-13/h7-8,11,16H,5-6,9-10H2,1-4H3. The molecule has 0 saturated heterocycles. The number of carbonyl (C=O) groups excluding carboxylic acids is 1. The number of hydrogen-bond donors (Lipinski definition) is 0. The molecule has 0 radical (unpaired) electrons. The van der Waals surface area contributed by atoms with Crippen LogP contribution < -0.4 is 9.47 Å². The van der Waals surface area contributed by atoms with Gasteiger partial charge in [-0.2, -0.15) is 0 Å². The summed E-state index contributed by atoms with van der Waals surface area (Å²) in [6, 6.07) is 5.36. The summed E-state index contributed by atoms with van der Waals surface area (Å²) in [5, 5.41) is 0. The number of rotatable bonds is 4. The molecular weight excluding hydrogens is 268 g/mol. The Balaban J connectivity index is 2.28. The number of hydrogen-bond acceptors (Lipinski definition) is 4. The summed E-state index contributed by atoms with van der Waals surface area (Å²) in [7, 11) is 0. The van der Waals surface area contributed by atoms with E-state index in [1.165, 1.54) is 0 Å². The fourth-order valence-electron chi connectivity index (χ4n) is 2.35. The van der Waals surface area contributed by atoms with Crippen molar-refractivity contribution in [2.24, 2.45) is 5.41 Å². The largest absolute Gasteiger partial charge is 0.490 e. The van der Waals surface area contributed by atoms with Crippen LogP contribution in [0, 0.1) is 5.41 Å². The second-order valence-corrected chi connectivity index (χ2v) is 6.28. The predicted octanol–water partition coefficient (Wildman–Crippen LogP) is 3.48. The van der Waals surface area contributed by atoms with Gasteiger partial charge in [-0.1, -0.05) is 20.8 Å². The van der Waals surface area contributed by atoms with Crippen molar-refractivity contribution in [1.29, 1.82) is 0 Å². The van der Waals surface area contributed by atoms with Gasteiger partial charge in [-0.25, -0.2) is 0 Å². The van der Waals surface area contributed by atoms with Gasteiger partial charge in [0.05, 0.1) is 13.2 Å². The van der Waals surface area contributed by atoms with Gasteiger partial charge in [0.1, 0.15) is 6.10 Å². The molecule has 0 aromatic heterocycles. The molecule has 1 unspecified atom stereocenters. The zero-order chi connectivity index (χ0) is 15.5. The third-order valence-corrected chi connectivity index (χ3v) is 3.39. The van der Waals surface area contributed by atoms with Gasteiger partial charge in [0, 0.05) is 18.6 Å². The van der Waals surface area contributed by atoms with Gasteiger partial charge in [-0.3, -0.25) is 4.79 Å². The fourth-order valence-corrected chi connectivity index (χ4v) is 2.35. The van der Waals surface area contributed by atoms with E-state index in [4.69, 9.17) is 14.2 Å². The minimum absolute atomic E-state index is 0.0139. The number of Topliss-reactive ketones (excluding diaryl/α,β-unsaturated/α-hetero) is 1. The smallest absolute Gasteiger partial charge is 0.192 e. The van der Waals surface area contributed by atoms with Crippen LogP contribution in [0.3, 0.4) is 0 Å². The lowest BCUT2D eigenvalue weighted by Crippen LogP contribution is -2.37. The van der Waals surface area contributed by atoms with Gasteiger partial charge in [0.2, 0.25) is 0 Å². The summed E-state index contributed by atoms with van der Waals surface area (Å²) in [5.74, 6) is 1.33. The molecule has 1 aliphatic rings. The monoisotopic (exact) mass is 292 g/mol. The minimum atomic E-state index is -0.466. The Labute approximate surface area is 126 Å². The van der Waals surface area contributed by atoms with Crippen molar-refractivity contribution in [2.45, 2.75) is 40.2 Å². The minimum Gasteiger partial charge on any atom is -0.490 e. The van der Waals surface area contributed by atoms with Crippen molar-refractivity contribution < 1.29 is 19.0 Å². The lowest BCUT2D eigenvalue weighted by Gasteiger charge is -2.29. The first kappa shape index (κ1) is 15.8. The highest BCUT2D eigenvalue weighted by Gasteiger charge is 2.33. The maximum absolute atomic E-state index is 12.7. The molecule has 0 spiro atoms. The molecule has 0 N–H and O–H groups in total. The number of ketones is 1. The van der Waals surface area contributed by atoms with Crippen molar-refractivity contribution >= 4 is 5.78 Å². The highest BCUT2D eigenvalue weighted by atomic mass is 16.5. The van der Waals surface area contributed by atoms with Crippen LogP contribution in [-0.4, -0.2) is 31.7 Å². The molecule has 2 rings (SSSR count). The van der Waals surface area contributed by atoms with Crippen LogP contribution in [0.25, 0.3) is 0 Å². The zero-order valence-corrected chi connectivity index (χ0v) is 13.3. The molecule has 21 heavy (non-hydrogen) atoms. The molecular formula is C17H24O4. The highest BCUT2D eigenvalue weighted by Crippen LogP contribution is 2.32. The molecule has 1 aromatic rings. The summed E-state index contributed by atoms with van der Waals surface area (Å²) in [4.78, 5) is 12.7.